The molecule has 0 radical (unpaired) electrons. The molecule has 1 N–H and O–H groups in total. The molecule has 0 spiro atoms. The van der Waals surface area contributed by atoms with Crippen molar-refractivity contribution < 1.29 is 18.3 Å². The predicted molar refractivity (Wildman–Crippen MR) is 56.2 cm³/mol. The summed E-state index contributed by atoms with van der Waals surface area (Å²) in [6, 6.07) is -0.203. The Bertz CT molecular complexity index is 222. The third-order valence-electron chi connectivity index (χ3n) is 3.14. The van der Waals surface area contributed by atoms with Gasteiger partial charge >= 0.3 is 6.18 Å². The van der Waals surface area contributed by atoms with Crippen molar-refractivity contribution in [3.63, 3.8) is 0 Å². The molecule has 0 aromatic heterocycles. The molecule has 0 amide bonds. The first kappa shape index (κ1) is 13.8. The molecule has 0 aliphatic heterocycles. The van der Waals surface area contributed by atoms with Gasteiger partial charge in [0.05, 0.1) is 12.1 Å². The minimum absolute atomic E-state index is 0.129. The number of rotatable bonds is 4. The van der Waals surface area contributed by atoms with Crippen molar-refractivity contribution in [2.24, 2.45) is 0 Å². The van der Waals surface area contributed by atoms with Crippen LogP contribution in [-0.2, 0) is 0 Å². The Hall–Kier alpha value is -0.290. The van der Waals surface area contributed by atoms with Crippen LogP contribution in [0.15, 0.2) is 0 Å². The molecule has 1 fully saturated rings. The van der Waals surface area contributed by atoms with Crippen LogP contribution in [0, 0.1) is 0 Å². The molecule has 0 atom stereocenters. The summed E-state index contributed by atoms with van der Waals surface area (Å²) in [5.74, 6) is 0. The lowest BCUT2D eigenvalue weighted by Gasteiger charge is -2.34. The first-order valence-electron chi connectivity index (χ1n) is 5.75. The number of halogens is 3. The maximum absolute atomic E-state index is 12.3. The first-order chi connectivity index (χ1) is 7.22. The van der Waals surface area contributed by atoms with Crippen LogP contribution in [0.2, 0.25) is 0 Å². The summed E-state index contributed by atoms with van der Waals surface area (Å²) in [6.45, 7) is 2.64. The molecule has 0 unspecified atom stereocenters. The van der Waals surface area contributed by atoms with Gasteiger partial charge in [-0.1, -0.05) is 12.8 Å². The standard InChI is InChI=1S/C11H20F3NO/c1-9(2)15(8-11(12,13)14)7-10(16)5-3-4-6-10/h9,16H,3-8H2,1-2H3. The molecular formula is C11H20F3NO. The van der Waals surface area contributed by atoms with Crippen LogP contribution in [0.3, 0.4) is 0 Å². The van der Waals surface area contributed by atoms with Gasteiger partial charge in [0.25, 0.3) is 0 Å². The molecule has 0 bridgehead atoms. The van der Waals surface area contributed by atoms with Crippen LogP contribution in [0.5, 0.6) is 0 Å². The van der Waals surface area contributed by atoms with E-state index in [1.807, 2.05) is 0 Å². The van der Waals surface area contributed by atoms with Gasteiger partial charge in [0.2, 0.25) is 0 Å². The molecule has 96 valence electrons. The Kier molecular flexibility index (Phi) is 4.23. The van der Waals surface area contributed by atoms with E-state index in [1.165, 1.54) is 4.90 Å². The van der Waals surface area contributed by atoms with Gasteiger partial charge in [0.1, 0.15) is 0 Å². The predicted octanol–water partition coefficient (Wildman–Crippen LogP) is 2.56. The Morgan fingerprint density at radius 1 is 1.25 bits per heavy atom. The molecule has 1 aliphatic carbocycles. The van der Waals surface area contributed by atoms with Crippen LogP contribution in [0.25, 0.3) is 0 Å². The van der Waals surface area contributed by atoms with E-state index in [0.29, 0.717) is 12.8 Å². The van der Waals surface area contributed by atoms with Crippen molar-refractivity contribution in [3.8, 4) is 0 Å². The van der Waals surface area contributed by atoms with E-state index in [4.69, 9.17) is 0 Å². The molecule has 0 heterocycles. The van der Waals surface area contributed by atoms with Gasteiger partial charge in [-0.05, 0) is 26.7 Å². The molecule has 0 aromatic rings. The van der Waals surface area contributed by atoms with E-state index < -0.39 is 18.3 Å². The first-order valence-corrected chi connectivity index (χ1v) is 5.75. The fraction of sp³-hybridized carbons (Fsp3) is 1.00. The number of alkyl halides is 3. The van der Waals surface area contributed by atoms with Crippen LogP contribution in [0.1, 0.15) is 39.5 Å². The summed E-state index contributed by atoms with van der Waals surface area (Å²) >= 11 is 0. The fourth-order valence-electron chi connectivity index (χ4n) is 2.22. The van der Waals surface area contributed by atoms with E-state index in [9.17, 15) is 18.3 Å². The Balaban J connectivity index is 2.57. The fourth-order valence-corrected chi connectivity index (χ4v) is 2.22. The Labute approximate surface area is 94.4 Å². The average molecular weight is 239 g/mol. The minimum atomic E-state index is -4.20. The number of hydrogen-bond donors (Lipinski definition) is 1. The Morgan fingerprint density at radius 3 is 2.12 bits per heavy atom. The maximum atomic E-state index is 12.3. The van der Waals surface area contributed by atoms with E-state index >= 15 is 0 Å². The SMILES string of the molecule is CC(C)N(CC(F)(F)F)CC1(O)CCCC1. The molecule has 1 rings (SSSR count). The highest BCUT2D eigenvalue weighted by atomic mass is 19.4. The van der Waals surface area contributed by atoms with Crippen molar-refractivity contribution in [2.75, 3.05) is 13.1 Å². The average Bonchev–Trinajstić information content (AvgIpc) is 2.48. The quantitative estimate of drug-likeness (QED) is 0.815. The second-order valence-electron chi connectivity index (χ2n) is 5.05. The Morgan fingerprint density at radius 2 is 1.75 bits per heavy atom. The molecule has 1 saturated carbocycles. The van der Waals surface area contributed by atoms with Gasteiger partial charge < -0.3 is 5.11 Å². The van der Waals surface area contributed by atoms with Gasteiger partial charge in [-0.25, -0.2) is 0 Å². The number of hydrogen-bond acceptors (Lipinski definition) is 2. The van der Waals surface area contributed by atoms with E-state index in [-0.39, 0.29) is 12.6 Å². The normalized spacial score (nSPS) is 21.0. The molecule has 1 aliphatic rings. The lowest BCUT2D eigenvalue weighted by Crippen LogP contribution is -2.48. The number of aliphatic hydroxyl groups is 1. The highest BCUT2D eigenvalue weighted by molar-refractivity contribution is 4.88. The number of nitrogens with zero attached hydrogens (tertiary/aromatic N) is 1. The summed E-state index contributed by atoms with van der Waals surface area (Å²) in [4.78, 5) is 1.31. The highest BCUT2D eigenvalue weighted by Gasteiger charge is 2.38. The van der Waals surface area contributed by atoms with Gasteiger partial charge in [-0.3, -0.25) is 4.90 Å². The van der Waals surface area contributed by atoms with Crippen molar-refractivity contribution in [1.82, 2.24) is 4.90 Å². The largest absolute Gasteiger partial charge is 0.401 e. The van der Waals surface area contributed by atoms with Crippen molar-refractivity contribution >= 4 is 0 Å². The summed E-state index contributed by atoms with van der Waals surface area (Å²) in [7, 11) is 0. The highest BCUT2D eigenvalue weighted by Crippen LogP contribution is 2.31. The zero-order valence-electron chi connectivity index (χ0n) is 9.85. The van der Waals surface area contributed by atoms with Crippen LogP contribution >= 0.6 is 0 Å². The molecule has 2 nitrogen and oxygen atoms in total. The lowest BCUT2D eigenvalue weighted by molar-refractivity contribution is -0.156. The van der Waals surface area contributed by atoms with E-state index in [2.05, 4.69) is 0 Å². The third kappa shape index (κ3) is 4.29. The van der Waals surface area contributed by atoms with Crippen LogP contribution in [-0.4, -0.2) is 40.9 Å². The lowest BCUT2D eigenvalue weighted by atomic mass is 10.0. The molecule has 0 aromatic carbocycles. The van der Waals surface area contributed by atoms with E-state index in [0.717, 1.165) is 12.8 Å². The van der Waals surface area contributed by atoms with Crippen LogP contribution in [0.4, 0.5) is 13.2 Å². The van der Waals surface area contributed by atoms with Crippen molar-refractivity contribution in [1.29, 1.82) is 0 Å². The summed E-state index contributed by atoms with van der Waals surface area (Å²) in [6.07, 6.45) is -1.13. The third-order valence-corrected chi connectivity index (χ3v) is 3.14. The second kappa shape index (κ2) is 4.92. The van der Waals surface area contributed by atoms with Gasteiger partial charge in [0, 0.05) is 12.6 Å². The van der Waals surface area contributed by atoms with Gasteiger partial charge in [-0.2, -0.15) is 13.2 Å². The smallest absolute Gasteiger partial charge is 0.389 e. The zero-order valence-corrected chi connectivity index (χ0v) is 9.85. The molecule has 5 heteroatoms. The monoisotopic (exact) mass is 239 g/mol. The second-order valence-corrected chi connectivity index (χ2v) is 5.05. The minimum Gasteiger partial charge on any atom is -0.389 e. The zero-order chi connectivity index (χ0) is 12.4. The summed E-state index contributed by atoms with van der Waals surface area (Å²) < 4.78 is 37.0. The summed E-state index contributed by atoms with van der Waals surface area (Å²) in [5, 5.41) is 10.1. The molecular weight excluding hydrogens is 219 g/mol. The maximum Gasteiger partial charge on any atom is 0.401 e. The molecule has 0 saturated heterocycles. The van der Waals surface area contributed by atoms with Crippen molar-refractivity contribution in [2.45, 2.75) is 57.3 Å². The van der Waals surface area contributed by atoms with Crippen LogP contribution < -0.4 is 0 Å². The topological polar surface area (TPSA) is 23.5 Å². The van der Waals surface area contributed by atoms with Crippen molar-refractivity contribution in [3.05, 3.63) is 0 Å². The van der Waals surface area contributed by atoms with E-state index in [1.54, 1.807) is 13.8 Å². The summed E-state index contributed by atoms with van der Waals surface area (Å²) in [5.41, 5.74) is -0.907. The van der Waals surface area contributed by atoms with Gasteiger partial charge in [0.15, 0.2) is 0 Å². The molecule has 16 heavy (non-hydrogen) atoms. The van der Waals surface area contributed by atoms with Gasteiger partial charge in [-0.15, -0.1) is 0 Å².